The first-order chi connectivity index (χ1) is 8.31. The Morgan fingerprint density at radius 2 is 2.47 bits per heavy atom. The molecule has 96 valence electrons. The molecular weight excluding hydrogens is 212 g/mol. The molecule has 0 radical (unpaired) electrons. The number of rotatable bonds is 6. The molecule has 2 atom stereocenters. The third kappa shape index (κ3) is 3.33. The maximum atomic E-state index is 5.52. The molecule has 2 unspecified atom stereocenters. The fourth-order valence-electron chi connectivity index (χ4n) is 2.63. The van der Waals surface area contributed by atoms with Gasteiger partial charge in [0.25, 0.3) is 0 Å². The van der Waals surface area contributed by atoms with Crippen LogP contribution in [0.3, 0.4) is 0 Å². The molecular formula is C14H24N2O. The SMILES string of the molecule is CCCN(CC1CCCN1)C(C)c1ccco1. The van der Waals surface area contributed by atoms with E-state index in [0.717, 1.165) is 18.8 Å². The summed E-state index contributed by atoms with van der Waals surface area (Å²) < 4.78 is 5.52. The average molecular weight is 236 g/mol. The quantitative estimate of drug-likeness (QED) is 0.823. The highest BCUT2D eigenvalue weighted by atomic mass is 16.3. The minimum atomic E-state index is 0.382. The third-order valence-corrected chi connectivity index (χ3v) is 3.63. The predicted octanol–water partition coefficient (Wildman–Crippen LogP) is 2.80. The maximum Gasteiger partial charge on any atom is 0.120 e. The summed E-state index contributed by atoms with van der Waals surface area (Å²) in [4.78, 5) is 2.53. The molecule has 1 aromatic rings. The Morgan fingerprint density at radius 1 is 1.59 bits per heavy atom. The number of hydrogen-bond donors (Lipinski definition) is 1. The zero-order valence-corrected chi connectivity index (χ0v) is 11.0. The van der Waals surface area contributed by atoms with E-state index in [0.29, 0.717) is 12.1 Å². The normalized spacial score (nSPS) is 22.2. The highest BCUT2D eigenvalue weighted by Gasteiger charge is 2.22. The fraction of sp³-hybridized carbons (Fsp3) is 0.714. The van der Waals surface area contributed by atoms with Crippen molar-refractivity contribution in [2.24, 2.45) is 0 Å². The van der Waals surface area contributed by atoms with Crippen molar-refractivity contribution in [1.82, 2.24) is 10.2 Å². The van der Waals surface area contributed by atoms with Crippen molar-refractivity contribution >= 4 is 0 Å². The van der Waals surface area contributed by atoms with Crippen molar-refractivity contribution in [3.63, 3.8) is 0 Å². The van der Waals surface area contributed by atoms with E-state index >= 15 is 0 Å². The summed E-state index contributed by atoms with van der Waals surface area (Å²) in [5, 5.41) is 3.57. The van der Waals surface area contributed by atoms with E-state index in [1.807, 2.05) is 6.07 Å². The molecule has 0 amide bonds. The van der Waals surface area contributed by atoms with E-state index in [-0.39, 0.29) is 0 Å². The van der Waals surface area contributed by atoms with Crippen LogP contribution >= 0.6 is 0 Å². The van der Waals surface area contributed by atoms with Gasteiger partial charge in [-0.3, -0.25) is 4.90 Å². The van der Waals surface area contributed by atoms with Crippen LogP contribution in [0.2, 0.25) is 0 Å². The lowest BCUT2D eigenvalue weighted by Gasteiger charge is -2.30. The van der Waals surface area contributed by atoms with Gasteiger partial charge in [0, 0.05) is 12.6 Å². The standard InChI is InChI=1S/C14H24N2O/c1-3-9-16(11-13-6-4-8-15-13)12(2)14-7-5-10-17-14/h5,7,10,12-13,15H,3-4,6,8-9,11H2,1-2H3. The fourth-order valence-corrected chi connectivity index (χ4v) is 2.63. The van der Waals surface area contributed by atoms with Crippen molar-refractivity contribution in [1.29, 1.82) is 0 Å². The summed E-state index contributed by atoms with van der Waals surface area (Å²) in [7, 11) is 0. The highest BCUT2D eigenvalue weighted by Crippen LogP contribution is 2.22. The second-order valence-electron chi connectivity index (χ2n) is 4.98. The molecule has 0 saturated carbocycles. The Bertz CT molecular complexity index is 304. The highest BCUT2D eigenvalue weighted by molar-refractivity contribution is 5.03. The van der Waals surface area contributed by atoms with Gasteiger partial charge in [-0.05, 0) is 51.4 Å². The van der Waals surface area contributed by atoms with Crippen LogP contribution in [0.1, 0.15) is 44.9 Å². The summed E-state index contributed by atoms with van der Waals surface area (Å²) in [6.07, 6.45) is 5.59. The minimum Gasteiger partial charge on any atom is -0.468 e. The molecule has 3 nitrogen and oxygen atoms in total. The predicted molar refractivity (Wildman–Crippen MR) is 70.0 cm³/mol. The topological polar surface area (TPSA) is 28.4 Å². The van der Waals surface area contributed by atoms with Crippen LogP contribution in [-0.2, 0) is 0 Å². The Balaban J connectivity index is 1.95. The molecule has 0 bridgehead atoms. The van der Waals surface area contributed by atoms with E-state index < -0.39 is 0 Å². The lowest BCUT2D eigenvalue weighted by atomic mass is 10.1. The molecule has 1 N–H and O–H groups in total. The lowest BCUT2D eigenvalue weighted by Crippen LogP contribution is -2.39. The van der Waals surface area contributed by atoms with Gasteiger partial charge in [-0.25, -0.2) is 0 Å². The monoisotopic (exact) mass is 236 g/mol. The molecule has 1 fully saturated rings. The third-order valence-electron chi connectivity index (χ3n) is 3.63. The summed E-state index contributed by atoms with van der Waals surface area (Å²) in [5.41, 5.74) is 0. The van der Waals surface area contributed by atoms with Crippen LogP contribution in [0, 0.1) is 0 Å². The van der Waals surface area contributed by atoms with Crippen LogP contribution in [0.25, 0.3) is 0 Å². The first-order valence-corrected chi connectivity index (χ1v) is 6.82. The summed E-state index contributed by atoms with van der Waals surface area (Å²) in [5.74, 6) is 1.08. The van der Waals surface area contributed by atoms with Gasteiger partial charge in [0.15, 0.2) is 0 Å². The van der Waals surface area contributed by atoms with Crippen molar-refractivity contribution in [3.8, 4) is 0 Å². The van der Waals surface area contributed by atoms with E-state index in [4.69, 9.17) is 4.42 Å². The Morgan fingerprint density at radius 3 is 3.06 bits per heavy atom. The van der Waals surface area contributed by atoms with Gasteiger partial charge >= 0.3 is 0 Å². The average Bonchev–Trinajstić information content (AvgIpc) is 3.00. The molecule has 1 aliphatic rings. The second kappa shape index (κ2) is 6.22. The molecule has 0 aromatic carbocycles. The number of nitrogens with zero attached hydrogens (tertiary/aromatic N) is 1. The summed E-state index contributed by atoms with van der Waals surface area (Å²) in [6.45, 7) is 7.93. The zero-order chi connectivity index (χ0) is 12.1. The molecule has 2 rings (SSSR count). The van der Waals surface area contributed by atoms with Crippen LogP contribution in [0.4, 0.5) is 0 Å². The molecule has 2 heterocycles. The second-order valence-corrected chi connectivity index (χ2v) is 4.98. The Kier molecular flexibility index (Phi) is 4.63. The van der Waals surface area contributed by atoms with Gasteiger partial charge in [0.1, 0.15) is 5.76 Å². The molecule has 17 heavy (non-hydrogen) atoms. The minimum absolute atomic E-state index is 0.382. The number of furan rings is 1. The van der Waals surface area contributed by atoms with Gasteiger partial charge in [-0.1, -0.05) is 6.92 Å². The summed E-state index contributed by atoms with van der Waals surface area (Å²) in [6, 6.07) is 5.10. The molecule has 0 spiro atoms. The van der Waals surface area contributed by atoms with Crippen molar-refractivity contribution in [2.75, 3.05) is 19.6 Å². The molecule has 3 heteroatoms. The van der Waals surface area contributed by atoms with Crippen molar-refractivity contribution in [2.45, 2.75) is 45.2 Å². The van der Waals surface area contributed by atoms with Gasteiger partial charge in [0.2, 0.25) is 0 Å². The van der Waals surface area contributed by atoms with Crippen LogP contribution < -0.4 is 5.32 Å². The van der Waals surface area contributed by atoms with Crippen LogP contribution in [0.15, 0.2) is 22.8 Å². The van der Waals surface area contributed by atoms with Crippen molar-refractivity contribution < 1.29 is 4.42 Å². The van der Waals surface area contributed by atoms with Gasteiger partial charge < -0.3 is 9.73 Å². The molecule has 1 aromatic heterocycles. The summed E-state index contributed by atoms with van der Waals surface area (Å²) >= 11 is 0. The Labute approximate surface area is 104 Å². The molecule has 0 aliphatic carbocycles. The van der Waals surface area contributed by atoms with E-state index in [9.17, 15) is 0 Å². The lowest BCUT2D eigenvalue weighted by molar-refractivity contribution is 0.173. The van der Waals surface area contributed by atoms with E-state index in [1.165, 1.54) is 25.8 Å². The first kappa shape index (κ1) is 12.7. The van der Waals surface area contributed by atoms with E-state index in [1.54, 1.807) is 6.26 Å². The molecule has 1 aliphatic heterocycles. The molecule has 1 saturated heterocycles. The Hall–Kier alpha value is -0.800. The number of hydrogen-bond acceptors (Lipinski definition) is 3. The maximum absolute atomic E-state index is 5.52. The van der Waals surface area contributed by atoms with Gasteiger partial charge in [0.05, 0.1) is 12.3 Å². The van der Waals surface area contributed by atoms with Gasteiger partial charge in [-0.15, -0.1) is 0 Å². The van der Waals surface area contributed by atoms with Crippen molar-refractivity contribution in [3.05, 3.63) is 24.2 Å². The van der Waals surface area contributed by atoms with Crippen LogP contribution in [-0.4, -0.2) is 30.6 Å². The van der Waals surface area contributed by atoms with Gasteiger partial charge in [-0.2, -0.15) is 0 Å². The smallest absolute Gasteiger partial charge is 0.120 e. The first-order valence-electron chi connectivity index (χ1n) is 6.82. The number of nitrogens with one attached hydrogen (secondary N) is 1. The van der Waals surface area contributed by atoms with E-state index in [2.05, 4.69) is 30.1 Å². The zero-order valence-electron chi connectivity index (χ0n) is 11.0. The van der Waals surface area contributed by atoms with Crippen LogP contribution in [0.5, 0.6) is 0 Å². The largest absolute Gasteiger partial charge is 0.468 e.